The van der Waals surface area contributed by atoms with E-state index in [1.807, 2.05) is 0 Å². The topological polar surface area (TPSA) is 77.4 Å². The van der Waals surface area contributed by atoms with Gasteiger partial charge in [0.2, 0.25) is 0 Å². The van der Waals surface area contributed by atoms with Gasteiger partial charge >= 0.3 is 0 Å². The fourth-order valence-corrected chi connectivity index (χ4v) is 2.41. The molecule has 0 aliphatic heterocycles. The van der Waals surface area contributed by atoms with Crippen molar-refractivity contribution in [3.05, 3.63) is 0 Å². The summed E-state index contributed by atoms with van der Waals surface area (Å²) in [6, 6.07) is 0. The molecule has 0 unspecified atom stereocenters. The molecule has 0 rings (SSSR count). The zero-order valence-electron chi connectivity index (χ0n) is 15.7. The molecular formula is C17H39NO4S. The minimum absolute atomic E-state index is 0.310. The third-order valence-corrected chi connectivity index (χ3v) is 3.82. The molecular weight excluding hydrogens is 314 g/mol. The van der Waals surface area contributed by atoms with Gasteiger partial charge in [0.05, 0.1) is 37.4 Å². The predicted molar refractivity (Wildman–Crippen MR) is 96.4 cm³/mol. The van der Waals surface area contributed by atoms with E-state index in [0.717, 1.165) is 11.0 Å². The largest absolute Gasteiger partial charge is 0.748 e. The molecule has 0 saturated heterocycles. The highest BCUT2D eigenvalue weighted by molar-refractivity contribution is 7.84. The van der Waals surface area contributed by atoms with Crippen molar-refractivity contribution in [1.29, 1.82) is 0 Å². The molecule has 0 saturated carbocycles. The molecule has 6 heteroatoms. The van der Waals surface area contributed by atoms with Gasteiger partial charge in [0, 0.05) is 6.26 Å². The molecule has 0 radical (unpaired) electrons. The molecule has 0 aromatic heterocycles. The van der Waals surface area contributed by atoms with E-state index in [-0.39, 0.29) is 0 Å². The van der Waals surface area contributed by atoms with Crippen molar-refractivity contribution in [2.24, 2.45) is 0 Å². The summed E-state index contributed by atoms with van der Waals surface area (Å²) in [6.45, 7) is 4.68. The third-order valence-electron chi connectivity index (χ3n) is 3.82. The summed E-state index contributed by atoms with van der Waals surface area (Å²) in [6.07, 6.45) is 14.6. The van der Waals surface area contributed by atoms with Crippen LogP contribution in [0.15, 0.2) is 0 Å². The second-order valence-electron chi connectivity index (χ2n) is 6.99. The van der Waals surface area contributed by atoms with Gasteiger partial charge in [-0.15, -0.1) is 0 Å². The van der Waals surface area contributed by atoms with E-state index in [2.05, 4.69) is 21.0 Å². The molecule has 1 N–H and O–H groups in total. The smallest absolute Gasteiger partial charge is 0.102 e. The van der Waals surface area contributed by atoms with Crippen molar-refractivity contribution >= 4 is 10.1 Å². The van der Waals surface area contributed by atoms with Crippen molar-refractivity contribution in [3.63, 3.8) is 0 Å². The zero-order valence-corrected chi connectivity index (χ0v) is 16.5. The minimum atomic E-state index is -3.92. The summed E-state index contributed by atoms with van der Waals surface area (Å²) >= 11 is 0. The molecule has 23 heavy (non-hydrogen) atoms. The maximum Gasteiger partial charge on any atom is 0.102 e. The number of quaternary nitrogens is 1. The van der Waals surface area contributed by atoms with Crippen LogP contribution in [0.4, 0.5) is 0 Å². The van der Waals surface area contributed by atoms with Crippen LogP contribution in [0.3, 0.4) is 0 Å². The molecule has 0 atom stereocenters. The summed E-state index contributed by atoms with van der Waals surface area (Å²) in [5.74, 6) is 0. The lowest BCUT2D eigenvalue weighted by atomic mass is 10.1. The van der Waals surface area contributed by atoms with Crippen LogP contribution in [0.5, 0.6) is 0 Å². The first-order valence-corrected chi connectivity index (χ1v) is 10.8. The third kappa shape index (κ3) is 30.3. The average molecular weight is 354 g/mol. The number of hydrogen-bond acceptors (Lipinski definition) is 4. The van der Waals surface area contributed by atoms with E-state index in [1.165, 1.54) is 70.8 Å². The van der Waals surface area contributed by atoms with Crippen LogP contribution >= 0.6 is 0 Å². The van der Waals surface area contributed by atoms with Gasteiger partial charge in [0.1, 0.15) is 6.54 Å². The SMILES string of the molecule is CCCCCCCCCCCC[N+](C)(C)CCO.CS(=O)(=O)[O-]. The maximum absolute atomic E-state index is 9.08. The second kappa shape index (κ2) is 15.4. The van der Waals surface area contributed by atoms with Gasteiger partial charge in [0.15, 0.2) is 0 Å². The summed E-state index contributed by atoms with van der Waals surface area (Å²) < 4.78 is 28.2. The number of hydrogen-bond donors (Lipinski definition) is 1. The Morgan fingerprint density at radius 2 is 1.17 bits per heavy atom. The molecule has 142 valence electrons. The van der Waals surface area contributed by atoms with Gasteiger partial charge < -0.3 is 14.1 Å². The fraction of sp³-hybridized carbons (Fsp3) is 1.00. The predicted octanol–water partition coefficient (Wildman–Crippen LogP) is 3.14. The molecule has 0 aliphatic carbocycles. The Balaban J connectivity index is 0. The summed E-state index contributed by atoms with van der Waals surface area (Å²) in [4.78, 5) is 0. The Bertz CT molecular complexity index is 335. The van der Waals surface area contributed by atoms with Crippen LogP contribution in [0.2, 0.25) is 0 Å². The van der Waals surface area contributed by atoms with Crippen molar-refractivity contribution in [3.8, 4) is 0 Å². The van der Waals surface area contributed by atoms with Gasteiger partial charge in [-0.25, -0.2) is 8.42 Å². The quantitative estimate of drug-likeness (QED) is 0.313. The molecule has 0 fully saturated rings. The lowest BCUT2D eigenvalue weighted by Crippen LogP contribution is -2.42. The van der Waals surface area contributed by atoms with Crippen LogP contribution in [0.25, 0.3) is 0 Å². The number of aliphatic hydroxyl groups excluding tert-OH is 1. The van der Waals surface area contributed by atoms with Crippen molar-refractivity contribution < 1.29 is 22.6 Å². The molecule has 0 heterocycles. The van der Waals surface area contributed by atoms with E-state index < -0.39 is 10.1 Å². The number of rotatable bonds is 13. The first-order chi connectivity index (χ1) is 10.6. The fourth-order valence-electron chi connectivity index (χ4n) is 2.41. The highest BCUT2D eigenvalue weighted by Gasteiger charge is 2.12. The first-order valence-electron chi connectivity index (χ1n) is 8.96. The Morgan fingerprint density at radius 1 is 0.826 bits per heavy atom. The summed E-state index contributed by atoms with van der Waals surface area (Å²) in [5.41, 5.74) is 0. The van der Waals surface area contributed by atoms with Crippen molar-refractivity contribution in [2.75, 3.05) is 40.0 Å². The molecule has 0 bridgehead atoms. The highest BCUT2D eigenvalue weighted by Crippen LogP contribution is 2.11. The zero-order chi connectivity index (χ0) is 18.2. The van der Waals surface area contributed by atoms with Gasteiger partial charge in [-0.05, 0) is 12.8 Å². The molecule has 0 aromatic rings. The van der Waals surface area contributed by atoms with Gasteiger partial charge in [0.25, 0.3) is 0 Å². The van der Waals surface area contributed by atoms with E-state index in [1.54, 1.807) is 0 Å². The van der Waals surface area contributed by atoms with E-state index in [9.17, 15) is 0 Å². The van der Waals surface area contributed by atoms with Crippen molar-refractivity contribution in [2.45, 2.75) is 71.1 Å². The van der Waals surface area contributed by atoms with Crippen LogP contribution < -0.4 is 0 Å². The highest BCUT2D eigenvalue weighted by atomic mass is 32.2. The Labute approximate surface area is 144 Å². The number of unbranched alkanes of at least 4 members (excludes halogenated alkanes) is 9. The minimum Gasteiger partial charge on any atom is -0.748 e. The Kier molecular flexibility index (Phi) is 16.7. The molecule has 0 aromatic carbocycles. The number of likely N-dealkylation sites (N-methyl/N-ethyl adjacent to an activating group) is 1. The monoisotopic (exact) mass is 353 g/mol. The molecule has 0 aliphatic rings. The van der Waals surface area contributed by atoms with Gasteiger partial charge in [-0.2, -0.15) is 0 Å². The Hall–Kier alpha value is -0.170. The van der Waals surface area contributed by atoms with Crippen LogP contribution in [-0.4, -0.2) is 62.6 Å². The molecule has 0 spiro atoms. The lowest BCUT2D eigenvalue weighted by molar-refractivity contribution is -0.890. The number of nitrogens with zero attached hydrogens (tertiary/aromatic N) is 1. The molecule has 5 nitrogen and oxygen atoms in total. The molecule has 0 amide bonds. The maximum atomic E-state index is 9.08. The summed E-state index contributed by atoms with van der Waals surface area (Å²) in [5, 5.41) is 8.95. The van der Waals surface area contributed by atoms with Crippen LogP contribution in [0, 0.1) is 0 Å². The summed E-state index contributed by atoms with van der Waals surface area (Å²) in [7, 11) is 0.508. The van der Waals surface area contributed by atoms with E-state index in [4.69, 9.17) is 18.1 Å². The van der Waals surface area contributed by atoms with E-state index in [0.29, 0.717) is 12.9 Å². The Morgan fingerprint density at radius 3 is 1.52 bits per heavy atom. The van der Waals surface area contributed by atoms with Crippen LogP contribution in [0.1, 0.15) is 71.1 Å². The number of aliphatic hydroxyl groups is 1. The van der Waals surface area contributed by atoms with Crippen molar-refractivity contribution in [1.82, 2.24) is 0 Å². The van der Waals surface area contributed by atoms with Crippen LogP contribution in [-0.2, 0) is 10.1 Å². The normalized spacial score (nSPS) is 11.9. The lowest BCUT2D eigenvalue weighted by Gasteiger charge is -2.28. The van der Waals surface area contributed by atoms with Gasteiger partial charge in [-0.3, -0.25) is 0 Å². The van der Waals surface area contributed by atoms with Gasteiger partial charge in [-0.1, -0.05) is 58.3 Å². The van der Waals surface area contributed by atoms with E-state index >= 15 is 0 Å². The first kappa shape index (κ1) is 25.1. The average Bonchev–Trinajstić information content (AvgIpc) is 2.39. The second-order valence-corrected chi connectivity index (χ2v) is 8.40. The standard InChI is InChI=1S/C16H36NO.CH4O3S/c1-4-5-6-7-8-9-10-11-12-13-14-17(2,3)15-16-18;1-5(2,3)4/h18H,4-16H2,1-3H3;1H3,(H,2,3,4)/q+1;/p-1.